The van der Waals surface area contributed by atoms with Crippen LogP contribution in [0.3, 0.4) is 0 Å². The fourth-order valence-electron chi connectivity index (χ4n) is 3.67. The molecule has 0 radical (unpaired) electrons. The van der Waals surface area contributed by atoms with Gasteiger partial charge >= 0.3 is 0 Å². The summed E-state index contributed by atoms with van der Waals surface area (Å²) in [5.74, 6) is 3.94. The van der Waals surface area contributed by atoms with Gasteiger partial charge in [0.25, 0.3) is 0 Å². The van der Waals surface area contributed by atoms with Gasteiger partial charge in [-0.25, -0.2) is 0 Å². The number of hydrogen-bond acceptors (Lipinski definition) is 1. The molecule has 1 N–H and O–H groups in total. The second kappa shape index (κ2) is 4.71. The van der Waals surface area contributed by atoms with E-state index in [1.165, 1.54) is 19.3 Å². The van der Waals surface area contributed by atoms with Crippen LogP contribution >= 0.6 is 0 Å². The molecule has 4 atom stereocenters. The van der Waals surface area contributed by atoms with Crippen molar-refractivity contribution in [2.75, 3.05) is 6.54 Å². The maximum absolute atomic E-state index is 11.6. The Bertz CT molecular complexity index is 369. The highest BCUT2D eigenvalue weighted by molar-refractivity contribution is 5.80. The number of rotatable bonds is 4. The largest absolute Gasteiger partial charge is 0.356 e. The van der Waals surface area contributed by atoms with Crippen LogP contribution in [0, 0.1) is 29.6 Å². The van der Waals surface area contributed by atoms with Gasteiger partial charge in [-0.05, 0) is 62.7 Å². The minimum atomic E-state index is 0.313. The average molecular weight is 247 g/mol. The first-order chi connectivity index (χ1) is 8.65. The zero-order valence-electron chi connectivity index (χ0n) is 11.6. The highest BCUT2D eigenvalue weighted by Crippen LogP contribution is 2.50. The Labute approximate surface area is 110 Å². The SMILES string of the molecule is CC1=CC(C)C(C2CC2CNC(=O)C2CC2)CC1. The molecule has 1 amide bonds. The molecule has 100 valence electrons. The molecule has 4 unspecified atom stereocenters. The van der Waals surface area contributed by atoms with Crippen LogP contribution in [0.25, 0.3) is 0 Å². The van der Waals surface area contributed by atoms with E-state index in [-0.39, 0.29) is 0 Å². The van der Waals surface area contributed by atoms with Gasteiger partial charge in [-0.2, -0.15) is 0 Å². The van der Waals surface area contributed by atoms with Crippen LogP contribution in [0.5, 0.6) is 0 Å². The Kier molecular flexibility index (Phi) is 3.21. The normalized spacial score (nSPS) is 39.1. The standard InChI is InChI=1S/C16H25NO/c1-10-3-6-14(11(2)7-10)15-8-13(15)9-17-16(18)12-4-5-12/h7,11-15H,3-6,8-9H2,1-2H3,(H,17,18). The number of hydrogen-bond donors (Lipinski definition) is 1. The summed E-state index contributed by atoms with van der Waals surface area (Å²) in [7, 11) is 0. The maximum Gasteiger partial charge on any atom is 0.223 e. The van der Waals surface area contributed by atoms with E-state index in [2.05, 4.69) is 25.2 Å². The van der Waals surface area contributed by atoms with E-state index in [1.54, 1.807) is 5.57 Å². The first kappa shape index (κ1) is 12.3. The number of carbonyl (C=O) groups is 1. The van der Waals surface area contributed by atoms with Crippen molar-refractivity contribution in [1.29, 1.82) is 0 Å². The summed E-state index contributed by atoms with van der Waals surface area (Å²) < 4.78 is 0. The summed E-state index contributed by atoms with van der Waals surface area (Å²) in [4.78, 5) is 11.6. The quantitative estimate of drug-likeness (QED) is 0.760. The lowest BCUT2D eigenvalue weighted by atomic mass is 9.78. The van der Waals surface area contributed by atoms with Crippen molar-refractivity contribution >= 4 is 5.91 Å². The highest BCUT2D eigenvalue weighted by Gasteiger charge is 2.45. The first-order valence-corrected chi connectivity index (χ1v) is 7.60. The summed E-state index contributed by atoms with van der Waals surface area (Å²) in [6, 6.07) is 0. The number of allylic oxidation sites excluding steroid dienone is 2. The first-order valence-electron chi connectivity index (χ1n) is 7.60. The summed E-state index contributed by atoms with van der Waals surface area (Å²) in [5, 5.41) is 3.14. The van der Waals surface area contributed by atoms with Crippen molar-refractivity contribution in [3.63, 3.8) is 0 Å². The Hall–Kier alpha value is -0.790. The molecule has 0 aromatic rings. The zero-order chi connectivity index (χ0) is 12.7. The van der Waals surface area contributed by atoms with Crippen molar-refractivity contribution in [2.45, 2.75) is 46.0 Å². The van der Waals surface area contributed by atoms with E-state index in [9.17, 15) is 4.79 Å². The van der Waals surface area contributed by atoms with Crippen molar-refractivity contribution in [3.05, 3.63) is 11.6 Å². The van der Waals surface area contributed by atoms with E-state index in [4.69, 9.17) is 0 Å². The number of carbonyl (C=O) groups excluding carboxylic acids is 1. The van der Waals surface area contributed by atoms with Gasteiger partial charge in [-0.15, -0.1) is 0 Å². The average Bonchev–Trinajstić information content (AvgIpc) is 3.20. The van der Waals surface area contributed by atoms with E-state index in [0.29, 0.717) is 11.8 Å². The molecular formula is C16H25NO. The van der Waals surface area contributed by atoms with E-state index in [0.717, 1.165) is 43.1 Å². The third-order valence-corrected chi connectivity index (χ3v) is 5.11. The van der Waals surface area contributed by atoms with Crippen LogP contribution in [0.4, 0.5) is 0 Å². The van der Waals surface area contributed by atoms with Gasteiger partial charge in [0.05, 0.1) is 0 Å². The van der Waals surface area contributed by atoms with Gasteiger partial charge in [-0.3, -0.25) is 4.79 Å². The van der Waals surface area contributed by atoms with Gasteiger partial charge < -0.3 is 5.32 Å². The topological polar surface area (TPSA) is 29.1 Å². The lowest BCUT2D eigenvalue weighted by molar-refractivity contribution is -0.122. The molecule has 0 saturated heterocycles. The van der Waals surface area contributed by atoms with Crippen molar-refractivity contribution in [2.24, 2.45) is 29.6 Å². The number of nitrogens with one attached hydrogen (secondary N) is 1. The van der Waals surface area contributed by atoms with Gasteiger partial charge in [0.15, 0.2) is 0 Å². The second-order valence-electron chi connectivity index (χ2n) is 6.75. The fourth-order valence-corrected chi connectivity index (χ4v) is 3.67. The lowest BCUT2D eigenvalue weighted by Gasteiger charge is -2.27. The second-order valence-corrected chi connectivity index (χ2v) is 6.75. The number of amides is 1. The summed E-state index contributed by atoms with van der Waals surface area (Å²) in [5.41, 5.74) is 1.57. The van der Waals surface area contributed by atoms with Crippen LogP contribution in [0.15, 0.2) is 11.6 Å². The zero-order valence-corrected chi connectivity index (χ0v) is 11.6. The van der Waals surface area contributed by atoms with E-state index in [1.807, 2.05) is 0 Å². The van der Waals surface area contributed by atoms with Gasteiger partial charge in [-0.1, -0.05) is 18.6 Å². The molecule has 0 heterocycles. The molecule has 0 spiro atoms. The Morgan fingerprint density at radius 1 is 1.33 bits per heavy atom. The molecule has 18 heavy (non-hydrogen) atoms. The van der Waals surface area contributed by atoms with Crippen LogP contribution < -0.4 is 5.32 Å². The fraction of sp³-hybridized carbons (Fsp3) is 0.812. The van der Waals surface area contributed by atoms with E-state index >= 15 is 0 Å². The van der Waals surface area contributed by atoms with Crippen molar-refractivity contribution in [3.8, 4) is 0 Å². The molecule has 2 heteroatoms. The van der Waals surface area contributed by atoms with Crippen molar-refractivity contribution in [1.82, 2.24) is 5.32 Å². The molecule has 2 saturated carbocycles. The van der Waals surface area contributed by atoms with Crippen LogP contribution in [0.1, 0.15) is 46.0 Å². The van der Waals surface area contributed by atoms with Gasteiger partial charge in [0.1, 0.15) is 0 Å². The Balaban J connectivity index is 1.44. The molecule has 0 bridgehead atoms. The van der Waals surface area contributed by atoms with Gasteiger partial charge in [0, 0.05) is 12.5 Å². The van der Waals surface area contributed by atoms with Crippen LogP contribution in [-0.4, -0.2) is 12.5 Å². The molecule has 3 aliphatic rings. The third kappa shape index (κ3) is 2.62. The predicted molar refractivity (Wildman–Crippen MR) is 73.0 cm³/mol. The molecule has 2 nitrogen and oxygen atoms in total. The molecule has 0 aromatic carbocycles. The van der Waals surface area contributed by atoms with Gasteiger partial charge in [0.2, 0.25) is 5.91 Å². The molecule has 0 aliphatic heterocycles. The molecule has 3 rings (SSSR count). The summed E-state index contributed by atoms with van der Waals surface area (Å²) >= 11 is 0. The molecule has 0 aromatic heterocycles. The Morgan fingerprint density at radius 2 is 2.11 bits per heavy atom. The Morgan fingerprint density at radius 3 is 2.78 bits per heavy atom. The minimum absolute atomic E-state index is 0.313. The van der Waals surface area contributed by atoms with Crippen LogP contribution in [-0.2, 0) is 4.79 Å². The summed E-state index contributed by atoms with van der Waals surface area (Å²) in [6.45, 7) is 5.56. The summed E-state index contributed by atoms with van der Waals surface area (Å²) in [6.07, 6.45) is 8.68. The smallest absolute Gasteiger partial charge is 0.223 e. The minimum Gasteiger partial charge on any atom is -0.356 e. The molecular weight excluding hydrogens is 222 g/mol. The predicted octanol–water partition coefficient (Wildman–Crippen LogP) is 3.14. The maximum atomic E-state index is 11.6. The molecule has 2 fully saturated rings. The van der Waals surface area contributed by atoms with E-state index < -0.39 is 0 Å². The monoisotopic (exact) mass is 247 g/mol. The van der Waals surface area contributed by atoms with Crippen molar-refractivity contribution < 1.29 is 4.79 Å². The lowest BCUT2D eigenvalue weighted by Crippen LogP contribution is -2.28. The van der Waals surface area contributed by atoms with Crippen LogP contribution in [0.2, 0.25) is 0 Å². The third-order valence-electron chi connectivity index (χ3n) is 5.11. The highest BCUT2D eigenvalue weighted by atomic mass is 16.2. The molecule has 3 aliphatic carbocycles.